The summed E-state index contributed by atoms with van der Waals surface area (Å²) >= 11 is 0. The zero-order chi connectivity index (χ0) is 24.6. The van der Waals surface area contributed by atoms with Gasteiger partial charge >= 0.3 is 6.18 Å². The SMILES string of the molecule is CN1CCN(c2ccc(-c3nc(N)nc(N4OCCC4c4ccccc4)c3C(F)(F)F)cc2)CC1. The van der Waals surface area contributed by atoms with E-state index in [0.29, 0.717) is 12.0 Å². The van der Waals surface area contributed by atoms with Crippen molar-refractivity contribution in [3.8, 4) is 11.3 Å². The number of nitrogens with two attached hydrogens (primary N) is 1. The molecule has 2 fully saturated rings. The number of piperazine rings is 1. The van der Waals surface area contributed by atoms with E-state index < -0.39 is 17.8 Å². The number of aromatic nitrogens is 2. The Balaban J connectivity index is 1.55. The van der Waals surface area contributed by atoms with Crippen LogP contribution in [0.25, 0.3) is 11.3 Å². The maximum Gasteiger partial charge on any atom is 0.422 e. The van der Waals surface area contributed by atoms with Crippen LogP contribution in [0.3, 0.4) is 0 Å². The normalized spacial score (nSPS) is 19.4. The maximum atomic E-state index is 14.5. The molecular formula is C25H27F3N6O. The van der Waals surface area contributed by atoms with E-state index >= 15 is 0 Å². The molecule has 7 nitrogen and oxygen atoms in total. The summed E-state index contributed by atoms with van der Waals surface area (Å²) in [4.78, 5) is 18.2. The van der Waals surface area contributed by atoms with E-state index in [-0.39, 0.29) is 24.1 Å². The molecule has 3 heterocycles. The minimum Gasteiger partial charge on any atom is -0.369 e. The maximum absolute atomic E-state index is 14.5. The summed E-state index contributed by atoms with van der Waals surface area (Å²) in [6.45, 7) is 3.87. The van der Waals surface area contributed by atoms with Crippen molar-refractivity contribution in [1.29, 1.82) is 0 Å². The Labute approximate surface area is 201 Å². The lowest BCUT2D eigenvalue weighted by Crippen LogP contribution is -2.44. The fourth-order valence-corrected chi connectivity index (χ4v) is 4.65. The van der Waals surface area contributed by atoms with Crippen molar-refractivity contribution in [3.63, 3.8) is 0 Å². The number of likely N-dealkylation sites (N-methyl/N-ethyl adjacent to an activating group) is 1. The van der Waals surface area contributed by atoms with E-state index in [4.69, 9.17) is 10.6 Å². The quantitative estimate of drug-likeness (QED) is 0.589. The monoisotopic (exact) mass is 484 g/mol. The number of nitrogen functional groups attached to an aromatic ring is 1. The molecule has 5 rings (SSSR count). The van der Waals surface area contributed by atoms with Gasteiger partial charge in [0.25, 0.3) is 0 Å². The highest BCUT2D eigenvalue weighted by molar-refractivity contribution is 5.73. The number of rotatable bonds is 4. The van der Waals surface area contributed by atoms with Crippen LogP contribution in [0.15, 0.2) is 54.6 Å². The van der Waals surface area contributed by atoms with Gasteiger partial charge < -0.3 is 15.5 Å². The molecule has 1 aromatic heterocycles. The zero-order valence-corrected chi connectivity index (χ0v) is 19.4. The van der Waals surface area contributed by atoms with Gasteiger partial charge in [-0.25, -0.2) is 10.0 Å². The lowest BCUT2D eigenvalue weighted by molar-refractivity contribution is -0.137. The van der Waals surface area contributed by atoms with Gasteiger partial charge in [0.05, 0.1) is 18.3 Å². The minimum absolute atomic E-state index is 0.242. The number of anilines is 3. The van der Waals surface area contributed by atoms with E-state index in [1.54, 1.807) is 12.1 Å². The number of nitrogens with zero attached hydrogens (tertiary/aromatic N) is 5. The van der Waals surface area contributed by atoms with Gasteiger partial charge in [0, 0.05) is 43.9 Å². The lowest BCUT2D eigenvalue weighted by atomic mass is 10.0. The number of halogens is 3. The predicted octanol–water partition coefficient (Wildman–Crippen LogP) is 4.38. The van der Waals surface area contributed by atoms with Gasteiger partial charge in [-0.2, -0.15) is 18.2 Å². The van der Waals surface area contributed by atoms with Crippen LogP contribution in [-0.4, -0.2) is 54.7 Å². The third-order valence-corrected chi connectivity index (χ3v) is 6.50. The molecule has 0 amide bonds. The number of benzene rings is 2. The summed E-state index contributed by atoms with van der Waals surface area (Å²) in [5.74, 6) is -0.608. The highest BCUT2D eigenvalue weighted by atomic mass is 19.4. The Kier molecular flexibility index (Phi) is 6.24. The van der Waals surface area contributed by atoms with Crippen molar-refractivity contribution in [2.45, 2.75) is 18.6 Å². The smallest absolute Gasteiger partial charge is 0.369 e. The van der Waals surface area contributed by atoms with Crippen LogP contribution >= 0.6 is 0 Å². The summed E-state index contributed by atoms with van der Waals surface area (Å²) in [5.41, 5.74) is 6.85. The van der Waals surface area contributed by atoms with Crippen molar-refractivity contribution in [2.24, 2.45) is 0 Å². The Hall–Kier alpha value is -3.37. The molecule has 1 atom stereocenters. The van der Waals surface area contributed by atoms with E-state index in [2.05, 4.69) is 26.8 Å². The minimum atomic E-state index is -4.72. The van der Waals surface area contributed by atoms with Crippen molar-refractivity contribution >= 4 is 17.5 Å². The molecule has 0 spiro atoms. The summed E-state index contributed by atoms with van der Waals surface area (Å²) in [6.07, 6.45) is -4.19. The summed E-state index contributed by atoms with van der Waals surface area (Å²) in [5, 5.41) is 1.23. The molecule has 2 aliphatic rings. The first kappa shape index (κ1) is 23.4. The van der Waals surface area contributed by atoms with Gasteiger partial charge in [-0.15, -0.1) is 0 Å². The predicted molar refractivity (Wildman–Crippen MR) is 129 cm³/mol. The molecule has 0 bridgehead atoms. The molecule has 0 saturated carbocycles. The topological polar surface area (TPSA) is 70.8 Å². The summed E-state index contributed by atoms with van der Waals surface area (Å²) in [7, 11) is 2.07. The Morgan fingerprint density at radius 2 is 1.63 bits per heavy atom. The molecule has 0 radical (unpaired) electrons. The molecule has 10 heteroatoms. The van der Waals surface area contributed by atoms with Crippen LogP contribution in [0.2, 0.25) is 0 Å². The average Bonchev–Trinajstić information content (AvgIpc) is 3.34. The zero-order valence-electron chi connectivity index (χ0n) is 19.4. The Morgan fingerprint density at radius 1 is 0.943 bits per heavy atom. The first-order chi connectivity index (χ1) is 16.8. The molecule has 1 unspecified atom stereocenters. The molecule has 35 heavy (non-hydrogen) atoms. The first-order valence-corrected chi connectivity index (χ1v) is 11.6. The molecule has 184 valence electrons. The number of hydrogen-bond donors (Lipinski definition) is 1. The lowest BCUT2D eigenvalue weighted by Gasteiger charge is -2.34. The fraction of sp³-hybridized carbons (Fsp3) is 0.360. The highest BCUT2D eigenvalue weighted by Gasteiger charge is 2.43. The molecule has 2 N–H and O–H groups in total. The van der Waals surface area contributed by atoms with Crippen molar-refractivity contribution in [3.05, 3.63) is 65.7 Å². The van der Waals surface area contributed by atoms with Crippen LogP contribution in [0, 0.1) is 0 Å². The fourth-order valence-electron chi connectivity index (χ4n) is 4.65. The van der Waals surface area contributed by atoms with Crippen LogP contribution in [0.1, 0.15) is 23.6 Å². The van der Waals surface area contributed by atoms with Gasteiger partial charge in [0.1, 0.15) is 5.56 Å². The van der Waals surface area contributed by atoms with Crippen molar-refractivity contribution in [1.82, 2.24) is 14.9 Å². The average molecular weight is 485 g/mol. The van der Waals surface area contributed by atoms with Crippen LogP contribution in [0.5, 0.6) is 0 Å². The summed E-state index contributed by atoms with van der Waals surface area (Å²) < 4.78 is 43.5. The van der Waals surface area contributed by atoms with E-state index in [0.717, 1.165) is 37.4 Å². The molecule has 3 aromatic rings. The van der Waals surface area contributed by atoms with E-state index in [9.17, 15) is 13.2 Å². The van der Waals surface area contributed by atoms with Gasteiger partial charge in [-0.05, 0) is 24.7 Å². The highest BCUT2D eigenvalue weighted by Crippen LogP contribution is 2.45. The van der Waals surface area contributed by atoms with Crippen LogP contribution < -0.4 is 15.7 Å². The van der Waals surface area contributed by atoms with Crippen LogP contribution in [0.4, 0.5) is 30.6 Å². The molecule has 2 aromatic carbocycles. The van der Waals surface area contributed by atoms with Gasteiger partial charge in [0.2, 0.25) is 5.95 Å². The Bertz CT molecular complexity index is 1160. The largest absolute Gasteiger partial charge is 0.422 e. The summed E-state index contributed by atoms with van der Waals surface area (Å²) in [6, 6.07) is 15.8. The van der Waals surface area contributed by atoms with E-state index in [1.807, 2.05) is 42.5 Å². The third kappa shape index (κ3) is 4.76. The van der Waals surface area contributed by atoms with Crippen molar-refractivity contribution in [2.75, 3.05) is 55.5 Å². The number of hydrogen-bond acceptors (Lipinski definition) is 7. The third-order valence-electron chi connectivity index (χ3n) is 6.50. The van der Waals surface area contributed by atoms with Gasteiger partial charge in [-0.3, -0.25) is 4.84 Å². The number of alkyl halides is 3. The second-order valence-electron chi connectivity index (χ2n) is 8.84. The second-order valence-corrected chi connectivity index (χ2v) is 8.84. The Morgan fingerprint density at radius 3 is 2.29 bits per heavy atom. The molecule has 2 aliphatic heterocycles. The second kappa shape index (κ2) is 9.35. The standard InChI is InChI=1S/C25H27F3N6O/c1-32-12-14-33(15-13-32)19-9-7-18(8-10-19)22-21(25(26,27)28)23(31-24(29)30-22)34-20(11-16-35-34)17-5-3-2-4-6-17/h2-10,20H,11-16H2,1H3,(H2,29,30,31). The molecular weight excluding hydrogens is 457 g/mol. The molecule has 2 saturated heterocycles. The van der Waals surface area contributed by atoms with Gasteiger partial charge in [-0.1, -0.05) is 42.5 Å². The van der Waals surface area contributed by atoms with Crippen LogP contribution in [-0.2, 0) is 11.0 Å². The van der Waals surface area contributed by atoms with Crippen molar-refractivity contribution < 1.29 is 18.0 Å². The van der Waals surface area contributed by atoms with E-state index in [1.165, 1.54) is 5.06 Å². The first-order valence-electron chi connectivity index (χ1n) is 11.6. The van der Waals surface area contributed by atoms with Gasteiger partial charge in [0.15, 0.2) is 5.82 Å². The number of hydroxylamine groups is 1. The molecule has 0 aliphatic carbocycles.